The molecule has 2 N–H and O–H groups in total. The summed E-state index contributed by atoms with van der Waals surface area (Å²) in [6, 6.07) is 3.10. The van der Waals surface area contributed by atoms with Gasteiger partial charge in [-0.05, 0) is 25.1 Å². The van der Waals surface area contributed by atoms with Gasteiger partial charge in [-0.15, -0.1) is 18.6 Å². The predicted molar refractivity (Wildman–Crippen MR) is 98.7 cm³/mol. The van der Waals surface area contributed by atoms with Gasteiger partial charge < -0.3 is 19.5 Å². The van der Waals surface area contributed by atoms with Crippen LogP contribution in [0.5, 0.6) is 0 Å². The van der Waals surface area contributed by atoms with Crippen LogP contribution in [0.25, 0.3) is 0 Å². The van der Waals surface area contributed by atoms with E-state index in [1.54, 1.807) is 22.8 Å². The average Bonchev–Trinajstić information content (AvgIpc) is 2.64. The SMILES string of the molecule is C=C.C=CC1=CC(C)C(C=O)NO1.CCn1cc(NC)ccc1=O. The molecule has 0 aromatic carbocycles. The van der Waals surface area contributed by atoms with E-state index in [0.29, 0.717) is 12.3 Å². The summed E-state index contributed by atoms with van der Waals surface area (Å²) in [6.45, 7) is 14.2. The number of pyridine rings is 1. The lowest BCUT2D eigenvalue weighted by Crippen LogP contribution is -2.38. The number of carbonyl (C=O) groups excluding carboxylic acids is 1. The molecule has 6 heteroatoms. The van der Waals surface area contributed by atoms with Crippen molar-refractivity contribution in [2.45, 2.75) is 26.4 Å². The minimum absolute atomic E-state index is 0.0477. The number of allylic oxidation sites excluding steroid dienone is 1. The highest BCUT2D eigenvalue weighted by Gasteiger charge is 2.19. The molecule has 1 aliphatic heterocycles. The Labute approximate surface area is 143 Å². The first-order chi connectivity index (χ1) is 11.5. The number of aromatic nitrogens is 1. The van der Waals surface area contributed by atoms with Crippen LogP contribution in [-0.2, 0) is 16.2 Å². The number of rotatable bonds is 4. The van der Waals surface area contributed by atoms with E-state index >= 15 is 0 Å². The van der Waals surface area contributed by atoms with Crippen LogP contribution < -0.4 is 16.4 Å². The molecule has 6 nitrogen and oxygen atoms in total. The van der Waals surface area contributed by atoms with Crippen LogP contribution in [-0.4, -0.2) is 23.9 Å². The van der Waals surface area contributed by atoms with Crippen molar-refractivity contribution in [3.63, 3.8) is 0 Å². The van der Waals surface area contributed by atoms with E-state index in [4.69, 9.17) is 4.84 Å². The Kier molecular flexibility index (Phi) is 10.6. The molecule has 132 valence electrons. The van der Waals surface area contributed by atoms with Gasteiger partial charge >= 0.3 is 0 Å². The molecule has 24 heavy (non-hydrogen) atoms. The molecule has 1 aromatic heterocycles. The molecule has 0 spiro atoms. The molecule has 0 radical (unpaired) electrons. The molecule has 0 amide bonds. The molecule has 0 bridgehead atoms. The van der Waals surface area contributed by atoms with Crippen molar-refractivity contribution in [3.8, 4) is 0 Å². The van der Waals surface area contributed by atoms with Crippen molar-refractivity contribution in [2.75, 3.05) is 12.4 Å². The van der Waals surface area contributed by atoms with Crippen LogP contribution in [0, 0.1) is 5.92 Å². The lowest BCUT2D eigenvalue weighted by Gasteiger charge is -2.23. The third-order valence-corrected chi connectivity index (χ3v) is 3.27. The largest absolute Gasteiger partial charge is 0.408 e. The number of aldehydes is 1. The fourth-order valence-electron chi connectivity index (χ4n) is 1.83. The Morgan fingerprint density at radius 1 is 1.42 bits per heavy atom. The summed E-state index contributed by atoms with van der Waals surface area (Å²) in [7, 11) is 1.83. The first-order valence-electron chi connectivity index (χ1n) is 7.65. The highest BCUT2D eigenvalue weighted by molar-refractivity contribution is 5.58. The summed E-state index contributed by atoms with van der Waals surface area (Å²) in [4.78, 5) is 26.4. The van der Waals surface area contributed by atoms with Gasteiger partial charge in [-0.1, -0.05) is 13.5 Å². The number of anilines is 1. The summed E-state index contributed by atoms with van der Waals surface area (Å²) in [6.07, 6.45) is 6.11. The first kappa shape index (κ1) is 21.4. The maximum atomic E-state index is 11.1. The van der Waals surface area contributed by atoms with Crippen molar-refractivity contribution >= 4 is 12.0 Å². The second-order valence-corrected chi connectivity index (χ2v) is 4.81. The number of nitrogens with one attached hydrogen (secondary N) is 2. The van der Waals surface area contributed by atoms with E-state index in [1.165, 1.54) is 0 Å². The van der Waals surface area contributed by atoms with E-state index in [9.17, 15) is 9.59 Å². The summed E-state index contributed by atoms with van der Waals surface area (Å²) >= 11 is 0. The molecule has 1 aliphatic rings. The predicted octanol–water partition coefficient (Wildman–Crippen LogP) is 2.51. The zero-order chi connectivity index (χ0) is 18.5. The zero-order valence-corrected chi connectivity index (χ0v) is 14.6. The molecule has 2 heterocycles. The minimum Gasteiger partial charge on any atom is -0.408 e. The third kappa shape index (κ3) is 6.66. The zero-order valence-electron chi connectivity index (χ0n) is 14.6. The van der Waals surface area contributed by atoms with Crippen molar-refractivity contribution in [2.24, 2.45) is 5.92 Å². The van der Waals surface area contributed by atoms with Crippen molar-refractivity contribution < 1.29 is 9.63 Å². The molecule has 0 aliphatic carbocycles. The first-order valence-corrected chi connectivity index (χ1v) is 7.65. The summed E-state index contributed by atoms with van der Waals surface area (Å²) in [5.74, 6) is 0.838. The van der Waals surface area contributed by atoms with E-state index in [-0.39, 0.29) is 17.5 Å². The lowest BCUT2D eigenvalue weighted by atomic mass is 10.0. The maximum absolute atomic E-state index is 11.1. The topological polar surface area (TPSA) is 72.4 Å². The third-order valence-electron chi connectivity index (χ3n) is 3.27. The summed E-state index contributed by atoms with van der Waals surface area (Å²) in [5.41, 5.74) is 3.62. The van der Waals surface area contributed by atoms with Gasteiger partial charge in [0, 0.05) is 31.8 Å². The number of hydrogen-bond acceptors (Lipinski definition) is 5. The highest BCUT2D eigenvalue weighted by atomic mass is 16.7. The molecule has 1 aromatic rings. The Hall–Kier alpha value is -2.60. The second-order valence-electron chi connectivity index (χ2n) is 4.81. The molecular weight excluding hydrogens is 306 g/mol. The summed E-state index contributed by atoms with van der Waals surface area (Å²) < 4.78 is 1.66. The van der Waals surface area contributed by atoms with Gasteiger partial charge in [-0.2, -0.15) is 0 Å². The molecule has 0 fully saturated rings. The molecule has 0 saturated heterocycles. The van der Waals surface area contributed by atoms with Crippen LogP contribution in [0.15, 0.2) is 60.8 Å². The Morgan fingerprint density at radius 3 is 2.54 bits per heavy atom. The van der Waals surface area contributed by atoms with Gasteiger partial charge in [0.05, 0.1) is 5.69 Å². The van der Waals surface area contributed by atoms with Gasteiger partial charge in [-0.3, -0.25) is 4.79 Å². The smallest absolute Gasteiger partial charge is 0.250 e. The van der Waals surface area contributed by atoms with Crippen LogP contribution in [0.1, 0.15) is 13.8 Å². The number of hydroxylamine groups is 1. The van der Waals surface area contributed by atoms with E-state index < -0.39 is 0 Å². The van der Waals surface area contributed by atoms with Crippen molar-refractivity contribution in [1.29, 1.82) is 0 Å². The number of hydrogen-bond donors (Lipinski definition) is 2. The fourth-order valence-corrected chi connectivity index (χ4v) is 1.83. The van der Waals surface area contributed by atoms with Crippen molar-refractivity contribution in [3.05, 3.63) is 66.3 Å². The van der Waals surface area contributed by atoms with E-state index in [2.05, 4.69) is 30.5 Å². The van der Waals surface area contributed by atoms with Gasteiger partial charge in [0.25, 0.3) is 5.56 Å². The van der Waals surface area contributed by atoms with Gasteiger partial charge in [0.2, 0.25) is 0 Å². The van der Waals surface area contributed by atoms with Crippen molar-refractivity contribution in [1.82, 2.24) is 10.0 Å². The lowest BCUT2D eigenvalue weighted by molar-refractivity contribution is -0.114. The molecule has 2 unspecified atom stereocenters. The van der Waals surface area contributed by atoms with Crippen LogP contribution in [0.4, 0.5) is 5.69 Å². The monoisotopic (exact) mass is 333 g/mol. The van der Waals surface area contributed by atoms with Crippen LogP contribution in [0.3, 0.4) is 0 Å². The van der Waals surface area contributed by atoms with Gasteiger partial charge in [0.1, 0.15) is 18.1 Å². The number of carbonyl (C=O) groups is 1. The van der Waals surface area contributed by atoms with Gasteiger partial charge in [0.15, 0.2) is 0 Å². The maximum Gasteiger partial charge on any atom is 0.250 e. The highest BCUT2D eigenvalue weighted by Crippen LogP contribution is 2.13. The fraction of sp³-hybridized carbons (Fsp3) is 0.333. The van der Waals surface area contributed by atoms with E-state index in [1.807, 2.05) is 33.2 Å². The van der Waals surface area contributed by atoms with Crippen LogP contribution >= 0.6 is 0 Å². The molecule has 0 saturated carbocycles. The normalized spacial score (nSPS) is 18.4. The Balaban J connectivity index is 0.000000400. The standard InChI is InChI=1S/C8H12N2O.C8H11NO2.C2H4/c1-3-10-6-7(9-2)4-5-8(10)11;1-3-7-4-6(2)8(5-10)9-11-7;1-2/h4-6,9H,3H2,1-2H3;3-6,8-9H,1H2,2H3;1-2H2. The van der Waals surface area contributed by atoms with Gasteiger partial charge in [-0.25, -0.2) is 0 Å². The second kappa shape index (κ2) is 11.9. The minimum atomic E-state index is -0.237. The Bertz CT molecular complexity index is 608. The molecular formula is C18H27N3O3. The molecule has 2 atom stereocenters. The molecule has 2 rings (SSSR count). The number of aryl methyl sites for hydroxylation is 1. The quantitative estimate of drug-likeness (QED) is 0.654. The Morgan fingerprint density at radius 2 is 2.08 bits per heavy atom. The summed E-state index contributed by atoms with van der Waals surface area (Å²) in [5, 5.41) is 2.97. The number of nitrogens with zero attached hydrogens (tertiary/aromatic N) is 1. The van der Waals surface area contributed by atoms with Crippen LogP contribution in [0.2, 0.25) is 0 Å². The van der Waals surface area contributed by atoms with E-state index in [0.717, 1.165) is 12.0 Å². The average molecular weight is 333 g/mol.